The highest BCUT2D eigenvalue weighted by molar-refractivity contribution is 7.08. The summed E-state index contributed by atoms with van der Waals surface area (Å²) in [4.78, 5) is 27.0. The van der Waals surface area contributed by atoms with Crippen molar-refractivity contribution < 1.29 is 18.7 Å². The van der Waals surface area contributed by atoms with Crippen LogP contribution in [0, 0.1) is 5.82 Å². The van der Waals surface area contributed by atoms with E-state index in [-0.39, 0.29) is 23.6 Å². The summed E-state index contributed by atoms with van der Waals surface area (Å²) < 4.78 is 19.6. The highest BCUT2D eigenvalue weighted by atomic mass is 32.1. The molecule has 2 aliphatic rings. The van der Waals surface area contributed by atoms with E-state index in [4.69, 9.17) is 4.74 Å². The second-order valence-corrected chi connectivity index (χ2v) is 8.81. The van der Waals surface area contributed by atoms with Gasteiger partial charge in [-0.05, 0) is 53.1 Å². The highest BCUT2D eigenvalue weighted by Crippen LogP contribution is 2.35. The van der Waals surface area contributed by atoms with Gasteiger partial charge in [0.05, 0.1) is 30.3 Å². The van der Waals surface area contributed by atoms with Crippen LogP contribution < -0.4 is 5.32 Å². The lowest BCUT2D eigenvalue weighted by atomic mass is 9.97. The Bertz CT molecular complexity index is 1160. The van der Waals surface area contributed by atoms with Crippen LogP contribution in [0.5, 0.6) is 0 Å². The van der Waals surface area contributed by atoms with Crippen molar-refractivity contribution in [2.45, 2.75) is 24.5 Å². The van der Waals surface area contributed by atoms with Crippen molar-refractivity contribution in [3.63, 3.8) is 0 Å². The molecule has 0 aliphatic carbocycles. The van der Waals surface area contributed by atoms with E-state index in [1.807, 2.05) is 22.9 Å². The van der Waals surface area contributed by atoms with Gasteiger partial charge in [-0.15, -0.1) is 0 Å². The number of nitrogens with one attached hydrogen (secondary N) is 2. The Hall–Kier alpha value is -3.04. The topological polar surface area (TPSA) is 87.3 Å². The quantitative estimate of drug-likeness (QED) is 0.611. The van der Waals surface area contributed by atoms with Crippen LogP contribution in [-0.4, -0.2) is 58.3 Å². The van der Waals surface area contributed by atoms with Crippen LogP contribution in [-0.2, 0) is 9.53 Å². The number of carbonyl (C=O) groups excluding carboxylic acids is 2. The zero-order valence-corrected chi connectivity index (χ0v) is 17.5. The van der Waals surface area contributed by atoms with Crippen LogP contribution in [0.15, 0.2) is 41.1 Å². The maximum absolute atomic E-state index is 13.6. The number of aromatic amines is 1. The highest BCUT2D eigenvalue weighted by Gasteiger charge is 2.46. The van der Waals surface area contributed by atoms with Gasteiger partial charge in [0.25, 0.3) is 5.91 Å². The van der Waals surface area contributed by atoms with Crippen LogP contribution in [0.25, 0.3) is 17.0 Å². The van der Waals surface area contributed by atoms with Gasteiger partial charge >= 0.3 is 0 Å². The Kier molecular flexibility index (Phi) is 5.07. The summed E-state index contributed by atoms with van der Waals surface area (Å²) in [6.07, 6.45) is 4.76. The average Bonchev–Trinajstić information content (AvgIpc) is 3.54. The molecule has 2 unspecified atom stereocenters. The summed E-state index contributed by atoms with van der Waals surface area (Å²) >= 11 is 1.59. The first-order valence-electron chi connectivity index (χ1n) is 10.1. The first-order valence-corrected chi connectivity index (χ1v) is 11.0. The van der Waals surface area contributed by atoms with Crippen LogP contribution in [0.2, 0.25) is 0 Å². The van der Waals surface area contributed by atoms with Crippen molar-refractivity contribution in [1.82, 2.24) is 20.4 Å². The first kappa shape index (κ1) is 19.9. The molecule has 0 saturated carbocycles. The number of carbonyl (C=O) groups is 2. The summed E-state index contributed by atoms with van der Waals surface area (Å²) in [5.74, 6) is -0.828. The van der Waals surface area contributed by atoms with Crippen molar-refractivity contribution in [2.24, 2.45) is 0 Å². The minimum absolute atomic E-state index is 0.0378. The van der Waals surface area contributed by atoms with Gasteiger partial charge in [0, 0.05) is 24.4 Å². The predicted octanol–water partition coefficient (Wildman–Crippen LogP) is 2.97. The van der Waals surface area contributed by atoms with Crippen LogP contribution in [0.4, 0.5) is 4.39 Å². The van der Waals surface area contributed by atoms with Crippen LogP contribution in [0.3, 0.4) is 0 Å². The number of H-pyrrole nitrogens is 1. The summed E-state index contributed by atoms with van der Waals surface area (Å²) in [5.41, 5.74) is 1.34. The lowest BCUT2D eigenvalue weighted by molar-refractivity contribution is -0.126. The fourth-order valence-electron chi connectivity index (χ4n) is 4.31. The van der Waals surface area contributed by atoms with E-state index < -0.39 is 11.4 Å². The third kappa shape index (κ3) is 3.98. The fourth-order valence-corrected chi connectivity index (χ4v) is 4.94. The Balaban J connectivity index is 1.20. The van der Waals surface area contributed by atoms with Gasteiger partial charge in [0.15, 0.2) is 5.69 Å². The monoisotopic (exact) mass is 440 g/mol. The van der Waals surface area contributed by atoms with E-state index >= 15 is 0 Å². The van der Waals surface area contributed by atoms with E-state index in [0.29, 0.717) is 37.0 Å². The number of hydrogen-bond donors (Lipinski definition) is 2. The lowest BCUT2D eigenvalue weighted by Crippen LogP contribution is -2.38. The molecule has 4 heterocycles. The molecule has 1 aromatic carbocycles. The SMILES string of the molecule is O=C(NC1COC2(CCN(C(=O)/C=C/c3ccsc3)C2)C1)c1n[nH]c2ccc(F)cc12. The van der Waals surface area contributed by atoms with Crippen molar-refractivity contribution in [3.8, 4) is 0 Å². The lowest BCUT2D eigenvalue weighted by Gasteiger charge is -2.22. The molecule has 2 aromatic heterocycles. The number of nitrogens with zero attached hydrogens (tertiary/aromatic N) is 2. The molecule has 2 aliphatic heterocycles. The second kappa shape index (κ2) is 7.90. The third-order valence-electron chi connectivity index (χ3n) is 5.87. The zero-order chi connectivity index (χ0) is 21.4. The number of rotatable bonds is 4. The summed E-state index contributed by atoms with van der Waals surface area (Å²) in [6, 6.07) is 5.94. The van der Waals surface area contributed by atoms with Gasteiger partial charge in [0.2, 0.25) is 5.91 Å². The normalized spacial score (nSPS) is 23.4. The molecule has 31 heavy (non-hydrogen) atoms. The van der Waals surface area contributed by atoms with Gasteiger partial charge < -0.3 is 15.0 Å². The minimum atomic E-state index is -0.441. The largest absolute Gasteiger partial charge is 0.371 e. The van der Waals surface area contributed by atoms with E-state index in [2.05, 4.69) is 15.5 Å². The Morgan fingerprint density at radius 2 is 2.29 bits per heavy atom. The van der Waals surface area contributed by atoms with E-state index in [1.165, 1.54) is 12.1 Å². The Morgan fingerprint density at radius 3 is 3.13 bits per heavy atom. The molecule has 0 bridgehead atoms. The number of hydrogen-bond acceptors (Lipinski definition) is 5. The summed E-state index contributed by atoms with van der Waals surface area (Å²) in [6.45, 7) is 1.49. The van der Waals surface area contributed by atoms with Crippen molar-refractivity contribution in [1.29, 1.82) is 0 Å². The third-order valence-corrected chi connectivity index (χ3v) is 6.58. The molecule has 3 aromatic rings. The van der Waals surface area contributed by atoms with Gasteiger partial charge in [-0.3, -0.25) is 14.7 Å². The second-order valence-electron chi connectivity index (χ2n) is 8.03. The Labute approximate surface area is 181 Å². The number of benzene rings is 1. The first-order chi connectivity index (χ1) is 15.0. The van der Waals surface area contributed by atoms with E-state index in [1.54, 1.807) is 28.4 Å². The van der Waals surface area contributed by atoms with Crippen molar-refractivity contribution in [2.75, 3.05) is 19.7 Å². The number of fused-ring (bicyclic) bond motifs is 1. The molecule has 7 nitrogen and oxygen atoms in total. The summed E-state index contributed by atoms with van der Waals surface area (Å²) in [7, 11) is 0. The molecule has 2 N–H and O–H groups in total. The molecule has 0 radical (unpaired) electrons. The smallest absolute Gasteiger partial charge is 0.272 e. The van der Waals surface area contributed by atoms with Gasteiger partial charge in [0.1, 0.15) is 5.82 Å². The minimum Gasteiger partial charge on any atom is -0.371 e. The maximum Gasteiger partial charge on any atom is 0.272 e. The van der Waals surface area contributed by atoms with Crippen LogP contribution >= 0.6 is 11.3 Å². The number of halogens is 1. The maximum atomic E-state index is 13.6. The number of likely N-dealkylation sites (tertiary alicyclic amines) is 1. The van der Waals surface area contributed by atoms with Crippen LogP contribution in [0.1, 0.15) is 28.9 Å². The molecule has 5 rings (SSSR count). The molecule has 2 amide bonds. The molecule has 160 valence electrons. The summed E-state index contributed by atoms with van der Waals surface area (Å²) in [5, 5.41) is 14.1. The zero-order valence-electron chi connectivity index (χ0n) is 16.6. The molecular formula is C22H21FN4O3S. The Morgan fingerprint density at radius 1 is 1.39 bits per heavy atom. The molecule has 9 heteroatoms. The van der Waals surface area contributed by atoms with Gasteiger partial charge in [-0.2, -0.15) is 16.4 Å². The number of thiophene rings is 1. The van der Waals surface area contributed by atoms with E-state index in [9.17, 15) is 14.0 Å². The van der Waals surface area contributed by atoms with Crippen molar-refractivity contribution >= 4 is 40.1 Å². The fraction of sp³-hybridized carbons (Fsp3) is 0.318. The molecule has 2 saturated heterocycles. The standard InChI is InChI=1S/C22H21FN4O3S/c23-15-2-3-18-17(9-15)20(26-25-18)21(29)24-16-10-22(30-11-16)6-7-27(13-22)19(28)4-1-14-5-8-31-12-14/h1-5,8-9,12,16H,6-7,10-11,13H2,(H,24,29)(H,25,26)/b4-1+. The average molecular weight is 441 g/mol. The molecule has 2 fully saturated rings. The van der Waals surface area contributed by atoms with Gasteiger partial charge in [-0.25, -0.2) is 4.39 Å². The van der Waals surface area contributed by atoms with Crippen molar-refractivity contribution in [3.05, 3.63) is 58.2 Å². The molecular weight excluding hydrogens is 419 g/mol. The van der Waals surface area contributed by atoms with Gasteiger partial charge in [-0.1, -0.05) is 0 Å². The van der Waals surface area contributed by atoms with E-state index in [0.717, 1.165) is 12.0 Å². The number of aromatic nitrogens is 2. The number of amides is 2. The number of ether oxygens (including phenoxy) is 1. The predicted molar refractivity (Wildman–Crippen MR) is 115 cm³/mol. The molecule has 2 atom stereocenters. The molecule has 1 spiro atoms.